The predicted octanol–water partition coefficient (Wildman–Crippen LogP) is 11.1. The molecule has 0 spiro atoms. The minimum Gasteiger partial charge on any atom is -0.489 e. The van der Waals surface area contributed by atoms with Crippen molar-refractivity contribution in [1.29, 1.82) is 0 Å². The standard InChI is InChI=1S/C43H36O4S2/c44-43(45)42-40-2-1-3-41(42)37-18-10-33(11-19-37)27-49-29-35-14-22-39(23-15-35)47-25-31-6-4-30(5-7-31)24-46-38-20-12-34(13-21-38)28-48-26-32-8-16-36(40)17-9-32/h1-23H,24-29H2,(H,44,45). The van der Waals surface area contributed by atoms with Gasteiger partial charge in [-0.25, -0.2) is 4.79 Å². The first-order chi connectivity index (χ1) is 24.1. The third-order valence-electron chi connectivity index (χ3n) is 8.56. The Morgan fingerprint density at radius 3 is 1.12 bits per heavy atom. The van der Waals surface area contributed by atoms with Gasteiger partial charge >= 0.3 is 5.97 Å². The number of aromatic carboxylic acids is 1. The van der Waals surface area contributed by atoms with E-state index in [1.165, 1.54) is 22.3 Å². The zero-order valence-electron chi connectivity index (χ0n) is 27.0. The molecule has 0 radical (unpaired) electrons. The molecule has 0 aliphatic carbocycles. The van der Waals surface area contributed by atoms with Crippen LogP contribution in [0.15, 0.2) is 140 Å². The molecular weight excluding hydrogens is 645 g/mol. The molecule has 0 aromatic heterocycles. The van der Waals surface area contributed by atoms with E-state index in [1.54, 1.807) is 0 Å². The van der Waals surface area contributed by atoms with Crippen LogP contribution in [0.25, 0.3) is 22.3 Å². The smallest absolute Gasteiger partial charge is 0.336 e. The average Bonchev–Trinajstić information content (AvgIpc) is 3.14. The molecule has 0 atom stereocenters. The SMILES string of the molecule is O=C(O)c1c2cccc1-c1ccc(cc1)CSCc1ccc(cc1)OCc1ccc(cc1)COc1ccc(cc1)CSCc1ccc-2cc1. The number of carbonyl (C=O) groups is 1. The number of fused-ring (bicyclic) bond motifs is 5. The molecule has 0 unspecified atom stereocenters. The van der Waals surface area contributed by atoms with Gasteiger partial charge in [-0.2, -0.15) is 23.5 Å². The van der Waals surface area contributed by atoms with Crippen LogP contribution in [0.5, 0.6) is 11.5 Å². The topological polar surface area (TPSA) is 55.8 Å². The van der Waals surface area contributed by atoms with Gasteiger partial charge in [0.05, 0.1) is 5.56 Å². The Morgan fingerprint density at radius 2 is 0.776 bits per heavy atom. The number of thioether (sulfide) groups is 2. The molecule has 6 heterocycles. The molecule has 0 fully saturated rings. The molecule has 244 valence electrons. The van der Waals surface area contributed by atoms with Crippen LogP contribution in [0.2, 0.25) is 0 Å². The molecule has 4 nitrogen and oxygen atoms in total. The first-order valence-electron chi connectivity index (χ1n) is 16.3. The van der Waals surface area contributed by atoms with Crippen molar-refractivity contribution < 1.29 is 19.4 Å². The fourth-order valence-electron chi connectivity index (χ4n) is 5.83. The minimum atomic E-state index is -0.927. The Balaban J connectivity index is 1.11. The fraction of sp³-hybridized carbons (Fsp3) is 0.140. The highest BCUT2D eigenvalue weighted by Crippen LogP contribution is 2.34. The fourth-order valence-corrected chi connectivity index (χ4v) is 7.74. The van der Waals surface area contributed by atoms with Crippen molar-refractivity contribution in [1.82, 2.24) is 0 Å². The second kappa shape index (κ2) is 15.5. The Hall–Kier alpha value is -4.91. The van der Waals surface area contributed by atoms with Crippen LogP contribution >= 0.6 is 23.5 Å². The second-order valence-corrected chi connectivity index (χ2v) is 14.1. The molecule has 6 aliphatic heterocycles. The highest BCUT2D eigenvalue weighted by Gasteiger charge is 2.18. The minimum absolute atomic E-state index is 0.325. The summed E-state index contributed by atoms with van der Waals surface area (Å²) in [7, 11) is 0. The summed E-state index contributed by atoms with van der Waals surface area (Å²) in [6.45, 7) is 1.02. The van der Waals surface area contributed by atoms with Crippen molar-refractivity contribution in [3.63, 3.8) is 0 Å². The summed E-state index contributed by atoms with van der Waals surface area (Å²) in [6.07, 6.45) is 0. The highest BCUT2D eigenvalue weighted by atomic mass is 32.2. The molecule has 1 N–H and O–H groups in total. The van der Waals surface area contributed by atoms with E-state index in [0.717, 1.165) is 67.9 Å². The van der Waals surface area contributed by atoms with E-state index < -0.39 is 5.97 Å². The maximum atomic E-state index is 12.6. The number of benzene rings is 6. The van der Waals surface area contributed by atoms with Gasteiger partial charge in [-0.15, -0.1) is 0 Å². The van der Waals surface area contributed by atoms with Crippen LogP contribution in [0.4, 0.5) is 0 Å². The Bertz CT molecular complexity index is 1860. The number of hydrogen-bond acceptors (Lipinski definition) is 5. The van der Waals surface area contributed by atoms with Gasteiger partial charge in [-0.05, 0) is 79.9 Å². The molecule has 12 bridgehead atoms. The highest BCUT2D eigenvalue weighted by molar-refractivity contribution is 7.97. The molecular formula is C43H36O4S2. The second-order valence-electron chi connectivity index (χ2n) is 12.1. The largest absolute Gasteiger partial charge is 0.489 e. The average molecular weight is 681 g/mol. The van der Waals surface area contributed by atoms with Crippen molar-refractivity contribution in [3.05, 3.63) is 178 Å². The molecule has 0 amide bonds. The van der Waals surface area contributed by atoms with Crippen molar-refractivity contribution >= 4 is 29.5 Å². The molecule has 6 aromatic carbocycles. The van der Waals surface area contributed by atoms with Crippen LogP contribution in [0.3, 0.4) is 0 Å². The quantitative estimate of drug-likeness (QED) is 0.187. The van der Waals surface area contributed by atoms with E-state index in [0.29, 0.717) is 18.8 Å². The monoisotopic (exact) mass is 680 g/mol. The van der Waals surface area contributed by atoms with Gasteiger partial charge in [0.25, 0.3) is 0 Å². The molecule has 0 saturated heterocycles. The summed E-state index contributed by atoms with van der Waals surface area (Å²) in [5.41, 5.74) is 10.7. The summed E-state index contributed by atoms with van der Waals surface area (Å²) in [5.74, 6) is 4.27. The summed E-state index contributed by atoms with van der Waals surface area (Å²) in [4.78, 5) is 12.6. The lowest BCUT2D eigenvalue weighted by molar-refractivity contribution is 0.0698. The van der Waals surface area contributed by atoms with Crippen molar-refractivity contribution in [3.8, 4) is 33.8 Å². The van der Waals surface area contributed by atoms with Crippen LogP contribution in [-0.2, 0) is 36.2 Å². The van der Waals surface area contributed by atoms with Crippen LogP contribution < -0.4 is 9.47 Å². The first kappa shape index (κ1) is 32.6. The predicted molar refractivity (Wildman–Crippen MR) is 202 cm³/mol. The lowest BCUT2D eigenvalue weighted by Crippen LogP contribution is -2.03. The van der Waals surface area contributed by atoms with E-state index in [4.69, 9.17) is 9.47 Å². The maximum Gasteiger partial charge on any atom is 0.336 e. The Morgan fingerprint density at radius 1 is 0.449 bits per heavy atom. The third-order valence-corrected chi connectivity index (χ3v) is 10.7. The van der Waals surface area contributed by atoms with E-state index in [-0.39, 0.29) is 0 Å². The van der Waals surface area contributed by atoms with Crippen LogP contribution in [-0.4, -0.2) is 11.1 Å². The first-order valence-corrected chi connectivity index (χ1v) is 18.6. The molecule has 0 saturated carbocycles. The number of carboxylic acids is 1. The van der Waals surface area contributed by atoms with Gasteiger partial charge < -0.3 is 14.6 Å². The van der Waals surface area contributed by atoms with Crippen molar-refractivity contribution in [2.45, 2.75) is 36.2 Å². The number of rotatable bonds is 1. The summed E-state index contributed by atoms with van der Waals surface area (Å²) >= 11 is 3.70. The van der Waals surface area contributed by atoms with E-state index >= 15 is 0 Å². The van der Waals surface area contributed by atoms with Gasteiger partial charge in [-0.3, -0.25) is 0 Å². The number of hydrogen-bond donors (Lipinski definition) is 1. The molecule has 6 aromatic rings. The van der Waals surface area contributed by atoms with E-state index in [1.807, 2.05) is 90.3 Å². The lowest BCUT2D eigenvalue weighted by Gasteiger charge is -2.13. The molecule has 6 heteroatoms. The Labute approximate surface area is 296 Å². The number of ether oxygens (including phenoxy) is 2. The van der Waals surface area contributed by atoms with Gasteiger partial charge in [0.1, 0.15) is 24.7 Å². The van der Waals surface area contributed by atoms with Gasteiger partial charge in [0.15, 0.2) is 0 Å². The summed E-state index contributed by atoms with van der Waals surface area (Å²) in [5, 5.41) is 10.3. The molecule has 49 heavy (non-hydrogen) atoms. The zero-order valence-corrected chi connectivity index (χ0v) is 28.6. The lowest BCUT2D eigenvalue weighted by atomic mass is 9.91. The van der Waals surface area contributed by atoms with Gasteiger partial charge in [0, 0.05) is 23.0 Å². The third kappa shape index (κ3) is 8.40. The van der Waals surface area contributed by atoms with Crippen molar-refractivity contribution in [2.75, 3.05) is 0 Å². The normalized spacial score (nSPS) is 13.6. The molecule has 6 aliphatic rings. The van der Waals surface area contributed by atoms with Crippen LogP contribution in [0.1, 0.15) is 43.7 Å². The van der Waals surface area contributed by atoms with Crippen LogP contribution in [0, 0.1) is 0 Å². The summed E-state index contributed by atoms with van der Waals surface area (Å²) in [6, 6.07) is 47.3. The summed E-state index contributed by atoms with van der Waals surface area (Å²) < 4.78 is 12.1. The Kier molecular flexibility index (Phi) is 10.3. The van der Waals surface area contributed by atoms with Gasteiger partial charge in [-0.1, -0.05) is 115 Å². The van der Waals surface area contributed by atoms with E-state index in [2.05, 4.69) is 72.8 Å². The van der Waals surface area contributed by atoms with Crippen molar-refractivity contribution in [2.24, 2.45) is 0 Å². The van der Waals surface area contributed by atoms with E-state index in [9.17, 15) is 9.90 Å². The van der Waals surface area contributed by atoms with Gasteiger partial charge in [0.2, 0.25) is 0 Å². The zero-order chi connectivity index (χ0) is 33.4. The maximum absolute atomic E-state index is 12.6. The number of carboxylic acid groups (broad SMARTS) is 1. The molecule has 12 rings (SSSR count).